The van der Waals surface area contributed by atoms with E-state index in [-0.39, 0.29) is 0 Å². The summed E-state index contributed by atoms with van der Waals surface area (Å²) >= 11 is 0. The molecule has 1 fully saturated rings. The minimum atomic E-state index is 0.490. The van der Waals surface area contributed by atoms with Crippen LogP contribution < -0.4 is 5.32 Å². The van der Waals surface area contributed by atoms with Crippen LogP contribution in [0.15, 0.2) is 0 Å². The van der Waals surface area contributed by atoms with Crippen LogP contribution in [0.3, 0.4) is 0 Å². The Kier molecular flexibility index (Phi) is 9.48. The zero-order chi connectivity index (χ0) is 13.9. The molecule has 2 unspecified atom stereocenters. The van der Waals surface area contributed by atoms with Crippen molar-refractivity contribution in [3.05, 3.63) is 0 Å². The number of unbranched alkanes of at least 4 members (excludes halogenated alkanes) is 1. The van der Waals surface area contributed by atoms with E-state index in [2.05, 4.69) is 31.0 Å². The van der Waals surface area contributed by atoms with Gasteiger partial charge in [0.05, 0.1) is 6.10 Å². The smallest absolute Gasteiger partial charge is 0.0702 e. The molecule has 1 rings (SSSR count). The van der Waals surface area contributed by atoms with Gasteiger partial charge in [0, 0.05) is 19.2 Å². The zero-order valence-electron chi connectivity index (χ0n) is 13.3. The third-order valence-corrected chi connectivity index (χ3v) is 3.97. The van der Waals surface area contributed by atoms with Gasteiger partial charge in [-0.25, -0.2) is 0 Å². The highest BCUT2D eigenvalue weighted by Crippen LogP contribution is 2.14. The van der Waals surface area contributed by atoms with Crippen LogP contribution >= 0.6 is 0 Å². The molecule has 0 spiro atoms. The van der Waals surface area contributed by atoms with Crippen LogP contribution in [0.5, 0.6) is 0 Å². The second-order valence-electron chi connectivity index (χ2n) is 5.87. The lowest BCUT2D eigenvalue weighted by Gasteiger charge is -2.32. The topological polar surface area (TPSA) is 24.5 Å². The Bertz CT molecular complexity index is 209. The van der Waals surface area contributed by atoms with Gasteiger partial charge in [0.1, 0.15) is 0 Å². The van der Waals surface area contributed by atoms with E-state index in [0.29, 0.717) is 12.1 Å². The average molecular weight is 270 g/mol. The zero-order valence-corrected chi connectivity index (χ0v) is 13.3. The first-order valence-electron chi connectivity index (χ1n) is 8.33. The maximum absolute atomic E-state index is 5.75. The van der Waals surface area contributed by atoms with Crippen molar-refractivity contribution in [3.63, 3.8) is 0 Å². The Morgan fingerprint density at radius 2 is 2.16 bits per heavy atom. The second kappa shape index (κ2) is 10.6. The molecule has 114 valence electrons. The Morgan fingerprint density at radius 1 is 1.32 bits per heavy atom. The molecule has 0 aromatic carbocycles. The molecular weight excluding hydrogens is 236 g/mol. The molecule has 19 heavy (non-hydrogen) atoms. The average Bonchev–Trinajstić information content (AvgIpc) is 2.42. The van der Waals surface area contributed by atoms with E-state index in [9.17, 15) is 0 Å². The number of piperidine rings is 1. The van der Waals surface area contributed by atoms with Gasteiger partial charge in [0.25, 0.3) is 0 Å². The van der Waals surface area contributed by atoms with Crippen LogP contribution in [0.2, 0.25) is 0 Å². The third-order valence-electron chi connectivity index (χ3n) is 3.97. The number of hydrogen-bond donors (Lipinski definition) is 1. The lowest BCUT2D eigenvalue weighted by Crippen LogP contribution is -2.40. The number of likely N-dealkylation sites (tertiary alicyclic amines) is 1. The fourth-order valence-electron chi connectivity index (χ4n) is 2.87. The van der Waals surface area contributed by atoms with Gasteiger partial charge in [-0.2, -0.15) is 0 Å². The SMILES string of the molecule is CCCNC(C)CCCCN1CCCC(OCC)C1. The molecule has 3 nitrogen and oxygen atoms in total. The van der Waals surface area contributed by atoms with Crippen LogP contribution in [0, 0.1) is 0 Å². The van der Waals surface area contributed by atoms with Crippen molar-refractivity contribution in [2.45, 2.75) is 71.4 Å². The number of rotatable bonds is 10. The molecule has 3 heteroatoms. The molecule has 1 aliphatic heterocycles. The standard InChI is InChI=1S/C16H34N2O/c1-4-11-17-15(3)9-6-7-12-18-13-8-10-16(14-18)19-5-2/h15-17H,4-14H2,1-3H3. The van der Waals surface area contributed by atoms with Crippen molar-refractivity contribution in [1.82, 2.24) is 10.2 Å². The number of nitrogens with zero attached hydrogens (tertiary/aromatic N) is 1. The number of ether oxygens (including phenoxy) is 1. The lowest BCUT2D eigenvalue weighted by molar-refractivity contribution is 0.00555. The van der Waals surface area contributed by atoms with E-state index in [4.69, 9.17) is 4.74 Å². The molecule has 0 aromatic rings. The highest BCUT2D eigenvalue weighted by molar-refractivity contribution is 4.73. The van der Waals surface area contributed by atoms with Crippen molar-refractivity contribution in [1.29, 1.82) is 0 Å². The molecule has 0 aliphatic carbocycles. The summed E-state index contributed by atoms with van der Waals surface area (Å²) < 4.78 is 5.75. The molecular formula is C16H34N2O. The summed E-state index contributed by atoms with van der Waals surface area (Å²) in [4.78, 5) is 2.59. The van der Waals surface area contributed by atoms with Gasteiger partial charge < -0.3 is 15.0 Å². The Hall–Kier alpha value is -0.120. The summed E-state index contributed by atoms with van der Waals surface area (Å²) in [6.45, 7) is 12.3. The largest absolute Gasteiger partial charge is 0.377 e. The summed E-state index contributed by atoms with van der Waals surface area (Å²) in [7, 11) is 0. The van der Waals surface area contributed by atoms with Gasteiger partial charge >= 0.3 is 0 Å². The quantitative estimate of drug-likeness (QED) is 0.618. The molecule has 0 bridgehead atoms. The van der Waals surface area contributed by atoms with Gasteiger partial charge in [-0.1, -0.05) is 13.3 Å². The minimum Gasteiger partial charge on any atom is -0.377 e. The Morgan fingerprint density at radius 3 is 2.89 bits per heavy atom. The summed E-state index contributed by atoms with van der Waals surface area (Å²) in [5, 5.41) is 3.56. The molecule has 0 saturated carbocycles. The molecule has 1 saturated heterocycles. The first-order valence-corrected chi connectivity index (χ1v) is 8.33. The van der Waals surface area contributed by atoms with Crippen LogP contribution in [0.1, 0.15) is 59.3 Å². The van der Waals surface area contributed by atoms with E-state index >= 15 is 0 Å². The monoisotopic (exact) mass is 270 g/mol. The van der Waals surface area contributed by atoms with Crippen LogP contribution in [-0.4, -0.2) is 49.8 Å². The van der Waals surface area contributed by atoms with E-state index in [1.807, 2.05) is 0 Å². The van der Waals surface area contributed by atoms with Gasteiger partial charge in [0.2, 0.25) is 0 Å². The maximum Gasteiger partial charge on any atom is 0.0702 e. The lowest BCUT2D eigenvalue weighted by atomic mass is 10.1. The molecule has 1 aliphatic rings. The van der Waals surface area contributed by atoms with Crippen molar-refractivity contribution < 1.29 is 4.74 Å². The van der Waals surface area contributed by atoms with Crippen molar-refractivity contribution in [2.75, 3.05) is 32.8 Å². The van der Waals surface area contributed by atoms with Crippen LogP contribution in [-0.2, 0) is 4.74 Å². The maximum atomic E-state index is 5.75. The van der Waals surface area contributed by atoms with Crippen LogP contribution in [0.25, 0.3) is 0 Å². The molecule has 0 aromatic heterocycles. The van der Waals surface area contributed by atoms with Crippen molar-refractivity contribution in [3.8, 4) is 0 Å². The second-order valence-corrected chi connectivity index (χ2v) is 5.87. The van der Waals surface area contributed by atoms with E-state index in [0.717, 1.165) is 19.7 Å². The van der Waals surface area contributed by atoms with E-state index in [1.54, 1.807) is 0 Å². The van der Waals surface area contributed by atoms with E-state index < -0.39 is 0 Å². The van der Waals surface area contributed by atoms with Gasteiger partial charge in [-0.3, -0.25) is 0 Å². The number of nitrogens with one attached hydrogen (secondary N) is 1. The fourth-order valence-corrected chi connectivity index (χ4v) is 2.87. The molecule has 0 amide bonds. The normalized spacial score (nSPS) is 22.6. The first-order chi connectivity index (χ1) is 9.26. The van der Waals surface area contributed by atoms with Crippen LogP contribution in [0.4, 0.5) is 0 Å². The molecule has 1 N–H and O–H groups in total. The predicted molar refractivity (Wildman–Crippen MR) is 82.7 cm³/mol. The van der Waals surface area contributed by atoms with Gasteiger partial charge in [0.15, 0.2) is 0 Å². The van der Waals surface area contributed by atoms with Gasteiger partial charge in [-0.05, 0) is 65.6 Å². The summed E-state index contributed by atoms with van der Waals surface area (Å²) in [5.74, 6) is 0. The first kappa shape index (κ1) is 16.9. The Labute approximate surface area is 120 Å². The fraction of sp³-hybridized carbons (Fsp3) is 1.00. The summed E-state index contributed by atoms with van der Waals surface area (Å²) in [6.07, 6.45) is 8.26. The Balaban J connectivity index is 2.02. The van der Waals surface area contributed by atoms with Gasteiger partial charge in [-0.15, -0.1) is 0 Å². The predicted octanol–water partition coefficient (Wildman–Crippen LogP) is 3.05. The summed E-state index contributed by atoms with van der Waals surface area (Å²) in [5.41, 5.74) is 0. The van der Waals surface area contributed by atoms with Crippen molar-refractivity contribution in [2.24, 2.45) is 0 Å². The van der Waals surface area contributed by atoms with Crippen molar-refractivity contribution >= 4 is 0 Å². The van der Waals surface area contributed by atoms with E-state index in [1.165, 1.54) is 51.6 Å². The third kappa shape index (κ3) is 7.91. The highest BCUT2D eigenvalue weighted by Gasteiger charge is 2.19. The highest BCUT2D eigenvalue weighted by atomic mass is 16.5. The molecule has 1 heterocycles. The summed E-state index contributed by atoms with van der Waals surface area (Å²) in [6, 6.07) is 0.678. The minimum absolute atomic E-state index is 0.490. The molecule has 0 radical (unpaired) electrons. The molecule has 2 atom stereocenters. The number of hydrogen-bond acceptors (Lipinski definition) is 3.